The van der Waals surface area contributed by atoms with Crippen LogP contribution >= 0.6 is 0 Å². The summed E-state index contributed by atoms with van der Waals surface area (Å²) in [6, 6.07) is 14.7. The number of nitrogens with zero attached hydrogens (tertiary/aromatic N) is 3. The first-order chi connectivity index (χ1) is 11.9. The van der Waals surface area contributed by atoms with Crippen LogP contribution in [0.3, 0.4) is 0 Å². The molecule has 0 bridgehead atoms. The molecular formula is C18H17N3O4. The molecule has 3 rings (SSSR count). The van der Waals surface area contributed by atoms with Gasteiger partial charge in [0.2, 0.25) is 5.91 Å². The fraction of sp³-hybridized carbons (Fsp3) is 0.222. The Morgan fingerprint density at radius 3 is 2.48 bits per heavy atom. The van der Waals surface area contributed by atoms with Gasteiger partial charge in [0.25, 0.3) is 5.69 Å². The van der Waals surface area contributed by atoms with E-state index in [4.69, 9.17) is 0 Å². The molecule has 0 aliphatic carbocycles. The number of nitro benzene ring substituents is 1. The molecule has 0 unspecified atom stereocenters. The summed E-state index contributed by atoms with van der Waals surface area (Å²) in [6.45, 7) is 1.73. The standard InChI is InChI=1S/C18H17N3O4/c1-13-12-18(23,15-7-9-16(10-8-15)21(24)25)20(19-13)17(22)11-14-5-3-2-4-6-14/h2-10,23H,11-12H2,1H3/t18-/m1/s1. The molecule has 2 aromatic carbocycles. The minimum Gasteiger partial charge on any atom is -0.365 e. The normalized spacial score (nSPS) is 19.6. The zero-order valence-corrected chi connectivity index (χ0v) is 13.6. The van der Waals surface area contributed by atoms with Gasteiger partial charge in [0.1, 0.15) is 0 Å². The predicted molar refractivity (Wildman–Crippen MR) is 91.7 cm³/mol. The van der Waals surface area contributed by atoms with E-state index in [1.165, 1.54) is 24.3 Å². The van der Waals surface area contributed by atoms with Gasteiger partial charge in [0.05, 0.1) is 11.3 Å². The Balaban J connectivity index is 1.88. The summed E-state index contributed by atoms with van der Waals surface area (Å²) in [6.07, 6.45) is 0.262. The van der Waals surface area contributed by atoms with E-state index in [-0.39, 0.29) is 24.4 Å². The van der Waals surface area contributed by atoms with Crippen molar-refractivity contribution in [2.75, 3.05) is 0 Å². The Morgan fingerprint density at radius 1 is 1.24 bits per heavy atom. The van der Waals surface area contributed by atoms with Gasteiger partial charge in [0, 0.05) is 29.8 Å². The highest BCUT2D eigenvalue weighted by Crippen LogP contribution is 2.36. The van der Waals surface area contributed by atoms with Gasteiger partial charge in [-0.2, -0.15) is 10.1 Å². The second-order valence-corrected chi connectivity index (χ2v) is 6.00. The van der Waals surface area contributed by atoms with E-state index in [0.29, 0.717) is 11.3 Å². The molecule has 7 nitrogen and oxygen atoms in total. The van der Waals surface area contributed by atoms with Crippen LogP contribution < -0.4 is 0 Å². The maximum absolute atomic E-state index is 12.7. The number of nitro groups is 1. The average Bonchev–Trinajstić information content (AvgIpc) is 2.92. The van der Waals surface area contributed by atoms with Crippen LogP contribution in [-0.2, 0) is 16.9 Å². The molecule has 0 radical (unpaired) electrons. The highest BCUT2D eigenvalue weighted by Gasteiger charge is 2.44. The smallest absolute Gasteiger partial charge is 0.269 e. The Bertz CT molecular complexity index is 833. The van der Waals surface area contributed by atoms with Gasteiger partial charge >= 0.3 is 0 Å². The molecule has 1 amide bonds. The molecule has 1 heterocycles. The van der Waals surface area contributed by atoms with E-state index in [2.05, 4.69) is 5.10 Å². The maximum atomic E-state index is 12.7. The largest absolute Gasteiger partial charge is 0.365 e. The minimum absolute atomic E-state index is 0.0786. The minimum atomic E-state index is -1.63. The van der Waals surface area contributed by atoms with Gasteiger partial charge in [-0.3, -0.25) is 14.9 Å². The summed E-state index contributed by atoms with van der Waals surface area (Å²) in [5, 5.41) is 27.2. The molecule has 0 spiro atoms. The zero-order chi connectivity index (χ0) is 18.0. The fourth-order valence-electron chi connectivity index (χ4n) is 2.90. The Hall–Kier alpha value is -3.06. The van der Waals surface area contributed by atoms with Crippen molar-refractivity contribution >= 4 is 17.3 Å². The molecule has 0 fully saturated rings. The summed E-state index contributed by atoms with van der Waals surface area (Å²) in [5.41, 5.74) is 0.108. The Kier molecular flexibility index (Phi) is 4.33. The van der Waals surface area contributed by atoms with Crippen LogP contribution in [0.25, 0.3) is 0 Å². The van der Waals surface area contributed by atoms with Crippen molar-refractivity contribution in [1.29, 1.82) is 0 Å². The highest BCUT2D eigenvalue weighted by atomic mass is 16.6. The monoisotopic (exact) mass is 339 g/mol. The second-order valence-electron chi connectivity index (χ2n) is 6.00. The quantitative estimate of drug-likeness (QED) is 0.684. The average molecular weight is 339 g/mol. The first-order valence-corrected chi connectivity index (χ1v) is 7.78. The summed E-state index contributed by atoms with van der Waals surface area (Å²) in [4.78, 5) is 23.0. The topological polar surface area (TPSA) is 96.0 Å². The molecule has 1 atom stereocenters. The van der Waals surface area contributed by atoms with Crippen molar-refractivity contribution in [2.24, 2.45) is 5.10 Å². The van der Waals surface area contributed by atoms with E-state index < -0.39 is 10.6 Å². The first kappa shape index (κ1) is 16.8. The number of non-ortho nitro benzene ring substituents is 1. The van der Waals surface area contributed by atoms with Crippen LogP contribution in [0.1, 0.15) is 24.5 Å². The molecule has 7 heteroatoms. The Morgan fingerprint density at radius 2 is 1.88 bits per heavy atom. The number of hydrazone groups is 1. The molecule has 1 aliphatic heterocycles. The lowest BCUT2D eigenvalue weighted by molar-refractivity contribution is -0.384. The summed E-state index contributed by atoms with van der Waals surface area (Å²) in [7, 11) is 0. The van der Waals surface area contributed by atoms with Gasteiger partial charge in [-0.05, 0) is 24.6 Å². The SMILES string of the molecule is CC1=NN(C(=O)Cc2ccccc2)[C@](O)(c2ccc([N+](=O)[O-])cc2)C1. The number of rotatable bonds is 4. The molecule has 1 N–H and O–H groups in total. The van der Waals surface area contributed by atoms with Gasteiger partial charge < -0.3 is 5.11 Å². The van der Waals surface area contributed by atoms with Crippen LogP contribution in [0.2, 0.25) is 0 Å². The number of hydrogen-bond donors (Lipinski definition) is 1. The second kappa shape index (κ2) is 6.45. The number of benzene rings is 2. The number of carbonyl (C=O) groups is 1. The molecular weight excluding hydrogens is 322 g/mol. The lowest BCUT2D eigenvalue weighted by Crippen LogP contribution is -2.44. The van der Waals surface area contributed by atoms with Crippen molar-refractivity contribution < 1.29 is 14.8 Å². The fourth-order valence-corrected chi connectivity index (χ4v) is 2.90. The molecule has 0 aromatic heterocycles. The van der Waals surface area contributed by atoms with E-state index in [9.17, 15) is 20.0 Å². The lowest BCUT2D eigenvalue weighted by Gasteiger charge is -2.31. The molecule has 25 heavy (non-hydrogen) atoms. The van der Waals surface area contributed by atoms with E-state index in [1.54, 1.807) is 6.92 Å². The van der Waals surface area contributed by atoms with Crippen molar-refractivity contribution in [3.8, 4) is 0 Å². The third kappa shape index (κ3) is 3.27. The summed E-state index contributed by atoms with van der Waals surface area (Å²) in [5.74, 6) is -0.344. The first-order valence-electron chi connectivity index (χ1n) is 7.78. The van der Waals surface area contributed by atoms with E-state index >= 15 is 0 Å². The summed E-state index contributed by atoms with van der Waals surface area (Å²) < 4.78 is 0. The van der Waals surface area contributed by atoms with E-state index in [1.807, 2.05) is 30.3 Å². The van der Waals surface area contributed by atoms with Gasteiger partial charge in [-0.25, -0.2) is 0 Å². The van der Waals surface area contributed by atoms with Crippen molar-refractivity contribution in [3.05, 3.63) is 75.8 Å². The lowest BCUT2D eigenvalue weighted by atomic mass is 9.97. The van der Waals surface area contributed by atoms with Crippen LogP contribution in [0.4, 0.5) is 5.69 Å². The highest BCUT2D eigenvalue weighted by molar-refractivity contribution is 5.89. The zero-order valence-electron chi connectivity index (χ0n) is 13.6. The van der Waals surface area contributed by atoms with Crippen molar-refractivity contribution in [3.63, 3.8) is 0 Å². The maximum Gasteiger partial charge on any atom is 0.269 e. The third-order valence-electron chi connectivity index (χ3n) is 4.10. The van der Waals surface area contributed by atoms with Gasteiger partial charge in [-0.1, -0.05) is 30.3 Å². The Labute approximate surface area is 144 Å². The summed E-state index contributed by atoms with van der Waals surface area (Å²) >= 11 is 0. The van der Waals surface area contributed by atoms with Crippen LogP contribution in [-0.4, -0.2) is 26.7 Å². The molecule has 1 aliphatic rings. The molecule has 128 valence electrons. The molecule has 0 saturated carbocycles. The van der Waals surface area contributed by atoms with Crippen LogP contribution in [0.5, 0.6) is 0 Å². The predicted octanol–water partition coefficient (Wildman–Crippen LogP) is 2.59. The number of amides is 1. The third-order valence-corrected chi connectivity index (χ3v) is 4.10. The number of carbonyl (C=O) groups excluding carboxylic acids is 1. The van der Waals surface area contributed by atoms with Crippen LogP contribution in [0.15, 0.2) is 59.7 Å². The van der Waals surface area contributed by atoms with Crippen molar-refractivity contribution in [1.82, 2.24) is 5.01 Å². The van der Waals surface area contributed by atoms with E-state index in [0.717, 1.165) is 10.6 Å². The number of hydrogen-bond acceptors (Lipinski definition) is 5. The molecule has 0 saturated heterocycles. The molecule has 2 aromatic rings. The van der Waals surface area contributed by atoms with Crippen LogP contribution in [0, 0.1) is 10.1 Å². The number of aliphatic hydroxyl groups is 1. The van der Waals surface area contributed by atoms with Gasteiger partial charge in [-0.15, -0.1) is 0 Å². The van der Waals surface area contributed by atoms with Gasteiger partial charge in [0.15, 0.2) is 5.72 Å². The van der Waals surface area contributed by atoms with Crippen molar-refractivity contribution in [2.45, 2.75) is 25.5 Å².